The van der Waals surface area contributed by atoms with Crippen molar-refractivity contribution in [2.45, 2.75) is 19.3 Å². The quantitative estimate of drug-likeness (QED) is 0.672. The van der Waals surface area contributed by atoms with Crippen LogP contribution < -0.4 is 5.32 Å². The van der Waals surface area contributed by atoms with E-state index in [1.807, 2.05) is 4.90 Å². The number of hydrogen-bond donors (Lipinski definition) is 1. The van der Waals surface area contributed by atoms with Gasteiger partial charge in [-0.1, -0.05) is 0 Å². The molecule has 0 atom stereocenters. The third-order valence-electron chi connectivity index (χ3n) is 3.02. The lowest BCUT2D eigenvalue weighted by Crippen LogP contribution is -2.39. The van der Waals surface area contributed by atoms with Crippen LogP contribution in [0.2, 0.25) is 0 Å². The fourth-order valence-electron chi connectivity index (χ4n) is 2.05. The second-order valence-corrected chi connectivity index (χ2v) is 4.33. The molecule has 0 unspecified atom stereocenters. The molecule has 16 heavy (non-hydrogen) atoms. The Balaban J connectivity index is 2.03. The van der Waals surface area contributed by atoms with E-state index >= 15 is 0 Å². The number of halogens is 2. The summed E-state index contributed by atoms with van der Waals surface area (Å²) in [6.45, 7) is 4.12. The van der Waals surface area contributed by atoms with Crippen molar-refractivity contribution in [3.8, 4) is 0 Å². The zero-order valence-electron chi connectivity index (χ0n) is 9.92. The first-order valence-electron chi connectivity index (χ1n) is 5.92. The normalized spacial score (nSPS) is 19.5. The van der Waals surface area contributed by atoms with Crippen molar-refractivity contribution >= 4 is 0 Å². The van der Waals surface area contributed by atoms with Crippen LogP contribution in [0.1, 0.15) is 12.8 Å². The fourth-order valence-corrected chi connectivity index (χ4v) is 2.05. The molecule has 0 aromatic carbocycles. The highest BCUT2D eigenvalue weighted by Crippen LogP contribution is 2.16. The van der Waals surface area contributed by atoms with Crippen molar-refractivity contribution < 1.29 is 13.5 Å². The van der Waals surface area contributed by atoms with Crippen molar-refractivity contribution in [3.05, 3.63) is 0 Å². The monoisotopic (exact) mass is 236 g/mol. The highest BCUT2D eigenvalue weighted by molar-refractivity contribution is 4.74. The van der Waals surface area contributed by atoms with Crippen molar-refractivity contribution in [2.75, 3.05) is 46.4 Å². The molecule has 0 aliphatic carbocycles. The highest BCUT2D eigenvalue weighted by Gasteiger charge is 2.20. The zero-order valence-corrected chi connectivity index (χ0v) is 9.92. The number of alkyl halides is 2. The minimum absolute atomic E-state index is 0.0657. The largest absolute Gasteiger partial charge is 0.383 e. The third-order valence-corrected chi connectivity index (χ3v) is 3.02. The second-order valence-electron chi connectivity index (χ2n) is 4.33. The first-order chi connectivity index (χ1) is 7.72. The lowest BCUT2D eigenvalue weighted by molar-refractivity contribution is 0.0688. The van der Waals surface area contributed by atoms with E-state index in [0.29, 0.717) is 5.92 Å². The van der Waals surface area contributed by atoms with Crippen LogP contribution in [-0.2, 0) is 4.74 Å². The number of hydrogen-bond acceptors (Lipinski definition) is 3. The van der Waals surface area contributed by atoms with E-state index in [4.69, 9.17) is 4.74 Å². The molecule has 1 N–H and O–H groups in total. The van der Waals surface area contributed by atoms with Gasteiger partial charge in [0.2, 0.25) is 0 Å². The summed E-state index contributed by atoms with van der Waals surface area (Å²) < 4.78 is 29.2. The summed E-state index contributed by atoms with van der Waals surface area (Å²) in [4.78, 5) is 1.86. The van der Waals surface area contributed by atoms with E-state index in [0.717, 1.165) is 45.6 Å². The van der Waals surface area contributed by atoms with E-state index in [2.05, 4.69) is 5.32 Å². The Kier molecular flexibility index (Phi) is 6.84. The number of nitrogens with one attached hydrogen (secondary N) is 1. The van der Waals surface area contributed by atoms with E-state index in [1.165, 1.54) is 0 Å². The van der Waals surface area contributed by atoms with Gasteiger partial charge >= 0.3 is 0 Å². The number of likely N-dealkylation sites (tertiary alicyclic amines) is 1. The van der Waals surface area contributed by atoms with Crippen LogP contribution in [0.4, 0.5) is 8.78 Å². The van der Waals surface area contributed by atoms with E-state index in [9.17, 15) is 8.78 Å². The number of nitrogens with zero attached hydrogens (tertiary/aromatic N) is 1. The van der Waals surface area contributed by atoms with Gasteiger partial charge in [-0.15, -0.1) is 0 Å². The molecule has 0 spiro atoms. The molecular formula is C11H22F2N2O. The maximum atomic E-state index is 12.1. The van der Waals surface area contributed by atoms with E-state index < -0.39 is 6.43 Å². The molecule has 3 nitrogen and oxygen atoms in total. The fraction of sp³-hybridized carbons (Fsp3) is 1.00. The van der Waals surface area contributed by atoms with Crippen LogP contribution in [-0.4, -0.2) is 57.8 Å². The van der Waals surface area contributed by atoms with Crippen LogP contribution in [0, 0.1) is 5.92 Å². The molecule has 1 saturated heterocycles. The van der Waals surface area contributed by atoms with Gasteiger partial charge in [0, 0.05) is 13.7 Å². The molecule has 1 rings (SSSR count). The van der Waals surface area contributed by atoms with Gasteiger partial charge < -0.3 is 10.1 Å². The molecule has 1 aliphatic heterocycles. The van der Waals surface area contributed by atoms with Crippen LogP contribution in [0.3, 0.4) is 0 Å². The van der Waals surface area contributed by atoms with Crippen LogP contribution in [0.25, 0.3) is 0 Å². The third kappa shape index (κ3) is 5.72. The van der Waals surface area contributed by atoms with Gasteiger partial charge in [-0.25, -0.2) is 8.78 Å². The van der Waals surface area contributed by atoms with Crippen LogP contribution >= 0.6 is 0 Å². The average Bonchev–Trinajstić information content (AvgIpc) is 2.26. The number of piperidine rings is 1. The topological polar surface area (TPSA) is 24.5 Å². The maximum absolute atomic E-state index is 12.1. The zero-order chi connectivity index (χ0) is 11.8. The highest BCUT2D eigenvalue weighted by atomic mass is 19.3. The summed E-state index contributed by atoms with van der Waals surface area (Å²) >= 11 is 0. The minimum atomic E-state index is -2.20. The molecule has 0 radical (unpaired) electrons. The van der Waals surface area contributed by atoms with E-state index in [1.54, 1.807) is 7.11 Å². The SMILES string of the molecule is COCCNCC1CCN(CC(F)F)CC1. The molecule has 96 valence electrons. The van der Waals surface area contributed by atoms with Gasteiger partial charge in [0.1, 0.15) is 0 Å². The van der Waals surface area contributed by atoms with Gasteiger partial charge in [-0.3, -0.25) is 4.90 Å². The van der Waals surface area contributed by atoms with Gasteiger partial charge in [0.25, 0.3) is 6.43 Å². The average molecular weight is 236 g/mol. The molecule has 1 fully saturated rings. The molecule has 1 aliphatic rings. The van der Waals surface area contributed by atoms with Crippen molar-refractivity contribution in [1.82, 2.24) is 10.2 Å². The van der Waals surface area contributed by atoms with Gasteiger partial charge in [-0.05, 0) is 38.4 Å². The Labute approximate surface area is 96.1 Å². The molecule has 0 amide bonds. The van der Waals surface area contributed by atoms with Crippen LogP contribution in [0.5, 0.6) is 0 Å². The Morgan fingerprint density at radius 3 is 2.62 bits per heavy atom. The number of ether oxygens (including phenoxy) is 1. The lowest BCUT2D eigenvalue weighted by Gasteiger charge is -2.31. The predicted molar refractivity (Wildman–Crippen MR) is 59.9 cm³/mol. The number of methoxy groups -OCH3 is 1. The molecule has 0 bridgehead atoms. The maximum Gasteiger partial charge on any atom is 0.251 e. The van der Waals surface area contributed by atoms with Crippen molar-refractivity contribution in [1.29, 1.82) is 0 Å². The Hall–Kier alpha value is -0.260. The summed E-state index contributed by atoms with van der Waals surface area (Å²) in [6.07, 6.45) is -0.157. The molecule has 1 heterocycles. The second kappa shape index (κ2) is 7.92. The minimum Gasteiger partial charge on any atom is -0.383 e. The smallest absolute Gasteiger partial charge is 0.251 e. The Morgan fingerprint density at radius 2 is 2.06 bits per heavy atom. The van der Waals surface area contributed by atoms with Crippen molar-refractivity contribution in [3.63, 3.8) is 0 Å². The summed E-state index contributed by atoms with van der Waals surface area (Å²) in [5.74, 6) is 0.630. The summed E-state index contributed by atoms with van der Waals surface area (Å²) in [5, 5.41) is 3.32. The van der Waals surface area contributed by atoms with Gasteiger partial charge in [0.15, 0.2) is 0 Å². The molecule has 0 aromatic rings. The molecule has 0 aromatic heterocycles. The standard InChI is InChI=1S/C11H22F2N2O/c1-16-7-4-14-8-10-2-5-15(6-3-10)9-11(12)13/h10-11,14H,2-9H2,1H3. The first kappa shape index (κ1) is 13.8. The number of rotatable bonds is 7. The Morgan fingerprint density at radius 1 is 1.38 bits per heavy atom. The summed E-state index contributed by atoms with van der Waals surface area (Å²) in [6, 6.07) is 0. The predicted octanol–water partition coefficient (Wildman–Crippen LogP) is 1.20. The first-order valence-corrected chi connectivity index (χ1v) is 5.92. The van der Waals surface area contributed by atoms with Gasteiger partial charge in [-0.2, -0.15) is 0 Å². The summed E-state index contributed by atoms with van der Waals surface area (Å²) in [7, 11) is 1.69. The summed E-state index contributed by atoms with van der Waals surface area (Å²) in [5.41, 5.74) is 0. The van der Waals surface area contributed by atoms with E-state index in [-0.39, 0.29) is 6.54 Å². The molecule has 5 heteroatoms. The van der Waals surface area contributed by atoms with Crippen molar-refractivity contribution in [2.24, 2.45) is 5.92 Å². The van der Waals surface area contributed by atoms with Crippen LogP contribution in [0.15, 0.2) is 0 Å². The lowest BCUT2D eigenvalue weighted by atomic mass is 9.97. The molecular weight excluding hydrogens is 214 g/mol. The van der Waals surface area contributed by atoms with Gasteiger partial charge in [0.05, 0.1) is 13.2 Å². The molecule has 0 saturated carbocycles. The Bertz CT molecular complexity index is 173.